The molecule has 0 bridgehead atoms. The van der Waals surface area contributed by atoms with E-state index in [2.05, 4.69) is 10.4 Å². The van der Waals surface area contributed by atoms with E-state index < -0.39 is 24.4 Å². The Kier molecular flexibility index (Phi) is 5.08. The zero-order valence-corrected chi connectivity index (χ0v) is 12.5. The van der Waals surface area contributed by atoms with Gasteiger partial charge in [-0.15, -0.1) is 0 Å². The summed E-state index contributed by atoms with van der Waals surface area (Å²) in [5.41, 5.74) is 6.96. The fourth-order valence-corrected chi connectivity index (χ4v) is 1.83. The number of benzene rings is 1. The van der Waals surface area contributed by atoms with Crippen LogP contribution in [0, 0.1) is 6.92 Å². The van der Waals surface area contributed by atoms with E-state index in [4.69, 9.17) is 10.5 Å². The van der Waals surface area contributed by atoms with Crippen LogP contribution in [0.15, 0.2) is 36.5 Å². The van der Waals surface area contributed by atoms with E-state index in [0.29, 0.717) is 5.56 Å². The van der Waals surface area contributed by atoms with Gasteiger partial charge >= 0.3 is 5.97 Å². The van der Waals surface area contributed by atoms with Crippen molar-refractivity contribution in [3.8, 4) is 5.69 Å². The third-order valence-corrected chi connectivity index (χ3v) is 2.97. The maximum absolute atomic E-state index is 11.8. The van der Waals surface area contributed by atoms with Crippen molar-refractivity contribution >= 4 is 17.8 Å². The van der Waals surface area contributed by atoms with Gasteiger partial charge in [-0.25, -0.2) is 9.48 Å². The second-order valence-corrected chi connectivity index (χ2v) is 4.75. The molecule has 1 aromatic carbocycles. The Bertz CT molecular complexity index is 721. The van der Waals surface area contributed by atoms with Crippen molar-refractivity contribution in [1.82, 2.24) is 15.1 Å². The molecule has 2 amide bonds. The smallest absolute Gasteiger partial charge is 0.338 e. The van der Waals surface area contributed by atoms with Crippen molar-refractivity contribution in [2.24, 2.45) is 5.73 Å². The normalized spacial score (nSPS) is 10.1. The summed E-state index contributed by atoms with van der Waals surface area (Å²) in [5.74, 6) is -1.90. The van der Waals surface area contributed by atoms with E-state index in [1.807, 2.05) is 13.0 Å². The van der Waals surface area contributed by atoms with Gasteiger partial charge in [0.15, 0.2) is 6.61 Å². The Balaban J connectivity index is 1.92. The van der Waals surface area contributed by atoms with E-state index in [1.165, 1.54) is 0 Å². The highest BCUT2D eigenvalue weighted by molar-refractivity contribution is 5.92. The fourth-order valence-electron chi connectivity index (χ4n) is 1.83. The molecule has 0 saturated carbocycles. The van der Waals surface area contributed by atoms with E-state index in [-0.39, 0.29) is 6.54 Å². The first-order valence-electron chi connectivity index (χ1n) is 6.80. The summed E-state index contributed by atoms with van der Waals surface area (Å²) < 4.78 is 6.58. The number of esters is 1. The molecule has 120 valence electrons. The lowest BCUT2D eigenvalue weighted by Gasteiger charge is -2.07. The number of rotatable bonds is 6. The summed E-state index contributed by atoms with van der Waals surface area (Å²) in [6, 6.07) is 8.49. The second-order valence-electron chi connectivity index (χ2n) is 4.75. The first-order chi connectivity index (χ1) is 11.0. The highest BCUT2D eigenvalue weighted by Crippen LogP contribution is 2.12. The topological polar surface area (TPSA) is 116 Å². The lowest BCUT2D eigenvalue weighted by molar-refractivity contribution is -0.127. The molecule has 8 heteroatoms. The molecule has 23 heavy (non-hydrogen) atoms. The van der Waals surface area contributed by atoms with Crippen molar-refractivity contribution in [2.45, 2.75) is 6.92 Å². The summed E-state index contributed by atoms with van der Waals surface area (Å²) >= 11 is 0. The Morgan fingerprint density at radius 2 is 1.91 bits per heavy atom. The number of nitrogens with two attached hydrogens (primary N) is 1. The maximum Gasteiger partial charge on any atom is 0.338 e. The average Bonchev–Trinajstić information content (AvgIpc) is 2.96. The summed E-state index contributed by atoms with van der Waals surface area (Å²) in [5, 5.41) is 6.39. The lowest BCUT2D eigenvalue weighted by atomic mass is 10.2. The van der Waals surface area contributed by atoms with Gasteiger partial charge < -0.3 is 15.8 Å². The van der Waals surface area contributed by atoms with Crippen LogP contribution in [0.4, 0.5) is 0 Å². The van der Waals surface area contributed by atoms with Gasteiger partial charge in [-0.05, 0) is 37.3 Å². The Morgan fingerprint density at radius 1 is 1.22 bits per heavy atom. The number of aromatic nitrogens is 2. The molecule has 0 aliphatic rings. The second kappa shape index (κ2) is 7.21. The number of nitrogens with one attached hydrogen (secondary N) is 1. The Morgan fingerprint density at radius 3 is 2.48 bits per heavy atom. The van der Waals surface area contributed by atoms with Crippen LogP contribution in [-0.4, -0.2) is 40.7 Å². The van der Waals surface area contributed by atoms with Crippen LogP contribution in [0.25, 0.3) is 5.69 Å². The molecule has 0 aliphatic heterocycles. The first-order valence-corrected chi connectivity index (χ1v) is 6.80. The molecule has 1 aromatic heterocycles. The van der Waals surface area contributed by atoms with Gasteiger partial charge in [0.05, 0.1) is 17.8 Å². The molecule has 8 nitrogen and oxygen atoms in total. The standard InChI is InChI=1S/C15H16N4O4/c1-10-6-7-18-19(10)12-4-2-11(3-5-12)15(22)23-9-14(21)17-8-13(16)20/h2-7H,8-9H2,1H3,(H2,16,20)(H,17,21). The number of nitrogens with zero attached hydrogens (tertiary/aromatic N) is 2. The van der Waals surface area contributed by atoms with E-state index >= 15 is 0 Å². The molecule has 1 heterocycles. The zero-order chi connectivity index (χ0) is 16.8. The zero-order valence-electron chi connectivity index (χ0n) is 12.5. The molecule has 0 saturated heterocycles. The van der Waals surface area contributed by atoms with Crippen molar-refractivity contribution in [1.29, 1.82) is 0 Å². The van der Waals surface area contributed by atoms with Crippen molar-refractivity contribution in [3.63, 3.8) is 0 Å². The molecule has 0 atom stereocenters. The van der Waals surface area contributed by atoms with Gasteiger partial charge in [0, 0.05) is 11.9 Å². The van der Waals surface area contributed by atoms with Crippen molar-refractivity contribution in [2.75, 3.05) is 13.2 Å². The van der Waals surface area contributed by atoms with Crippen LogP contribution in [0.2, 0.25) is 0 Å². The number of hydrogen-bond donors (Lipinski definition) is 2. The van der Waals surface area contributed by atoms with Gasteiger partial charge in [-0.3, -0.25) is 9.59 Å². The molecule has 2 aromatic rings. The minimum atomic E-state index is -0.672. The van der Waals surface area contributed by atoms with Gasteiger partial charge in [0.1, 0.15) is 0 Å². The Hall–Kier alpha value is -3.16. The van der Waals surface area contributed by atoms with Crippen LogP contribution >= 0.6 is 0 Å². The third-order valence-electron chi connectivity index (χ3n) is 2.97. The van der Waals surface area contributed by atoms with Crippen LogP contribution < -0.4 is 11.1 Å². The monoisotopic (exact) mass is 316 g/mol. The van der Waals surface area contributed by atoms with E-state index in [0.717, 1.165) is 11.4 Å². The minimum absolute atomic E-state index is 0.297. The predicted molar refractivity (Wildman–Crippen MR) is 80.8 cm³/mol. The highest BCUT2D eigenvalue weighted by Gasteiger charge is 2.11. The summed E-state index contributed by atoms with van der Waals surface area (Å²) in [6.45, 7) is 1.14. The van der Waals surface area contributed by atoms with Crippen LogP contribution in [0.3, 0.4) is 0 Å². The molecule has 0 unspecified atom stereocenters. The SMILES string of the molecule is Cc1ccnn1-c1ccc(C(=O)OCC(=O)NCC(N)=O)cc1. The molecular formula is C15H16N4O4. The molecule has 0 fully saturated rings. The molecule has 0 spiro atoms. The van der Waals surface area contributed by atoms with Crippen LogP contribution in [-0.2, 0) is 14.3 Å². The van der Waals surface area contributed by atoms with Crippen LogP contribution in [0.1, 0.15) is 16.1 Å². The number of carbonyl (C=O) groups is 3. The van der Waals surface area contributed by atoms with E-state index in [9.17, 15) is 14.4 Å². The summed E-state index contributed by atoms with van der Waals surface area (Å²) in [6.07, 6.45) is 1.68. The summed E-state index contributed by atoms with van der Waals surface area (Å²) in [7, 11) is 0. The number of ether oxygens (including phenoxy) is 1. The largest absolute Gasteiger partial charge is 0.452 e. The van der Waals surface area contributed by atoms with Crippen molar-refractivity contribution < 1.29 is 19.1 Å². The molecule has 0 aliphatic carbocycles. The quantitative estimate of drug-likeness (QED) is 0.724. The van der Waals surface area contributed by atoms with Gasteiger partial charge in [-0.1, -0.05) is 0 Å². The molecule has 3 N–H and O–H groups in total. The van der Waals surface area contributed by atoms with Gasteiger partial charge in [0.2, 0.25) is 5.91 Å². The number of hydrogen-bond acceptors (Lipinski definition) is 5. The van der Waals surface area contributed by atoms with Crippen LogP contribution in [0.5, 0.6) is 0 Å². The van der Waals surface area contributed by atoms with Crippen molar-refractivity contribution in [3.05, 3.63) is 47.8 Å². The third kappa shape index (κ3) is 4.40. The first kappa shape index (κ1) is 16.2. The van der Waals surface area contributed by atoms with Gasteiger partial charge in [0.25, 0.3) is 5.91 Å². The number of primary amides is 1. The molecular weight excluding hydrogens is 300 g/mol. The highest BCUT2D eigenvalue weighted by atomic mass is 16.5. The van der Waals surface area contributed by atoms with Gasteiger partial charge in [-0.2, -0.15) is 5.10 Å². The fraction of sp³-hybridized carbons (Fsp3) is 0.200. The predicted octanol–water partition coefficient (Wildman–Crippen LogP) is -0.0610. The minimum Gasteiger partial charge on any atom is -0.452 e. The molecule has 0 radical (unpaired) electrons. The maximum atomic E-state index is 11.8. The van der Waals surface area contributed by atoms with E-state index in [1.54, 1.807) is 35.1 Å². The molecule has 2 rings (SSSR count). The number of aryl methyl sites for hydroxylation is 1. The number of amides is 2. The average molecular weight is 316 g/mol. The summed E-state index contributed by atoms with van der Waals surface area (Å²) in [4.78, 5) is 33.7. The Labute approximate surface area is 132 Å². The number of carbonyl (C=O) groups excluding carboxylic acids is 3. The lowest BCUT2D eigenvalue weighted by Crippen LogP contribution is -2.35.